The first-order valence-corrected chi connectivity index (χ1v) is 9.69. The van der Waals surface area contributed by atoms with Crippen molar-refractivity contribution in [3.05, 3.63) is 53.9 Å². The van der Waals surface area contributed by atoms with Crippen molar-refractivity contribution in [3.8, 4) is 5.75 Å². The molecule has 3 heterocycles. The summed E-state index contributed by atoms with van der Waals surface area (Å²) in [6, 6.07) is 6.93. The van der Waals surface area contributed by atoms with E-state index in [0.29, 0.717) is 36.2 Å². The second-order valence-electron chi connectivity index (χ2n) is 8.07. The summed E-state index contributed by atoms with van der Waals surface area (Å²) >= 11 is 0. The first-order valence-electron chi connectivity index (χ1n) is 9.69. The lowest BCUT2D eigenvalue weighted by Crippen LogP contribution is -2.31. The van der Waals surface area contributed by atoms with E-state index in [4.69, 9.17) is 0 Å². The van der Waals surface area contributed by atoms with Crippen LogP contribution in [0.4, 0.5) is 4.39 Å². The first kappa shape index (κ1) is 18.3. The molecule has 4 atom stereocenters. The van der Waals surface area contributed by atoms with Gasteiger partial charge in [0.15, 0.2) is 0 Å². The molecule has 2 aromatic rings. The van der Waals surface area contributed by atoms with E-state index in [0.717, 1.165) is 31.7 Å². The number of aliphatic hydroxyl groups is 1. The van der Waals surface area contributed by atoms with Crippen LogP contribution in [0.2, 0.25) is 0 Å². The molecule has 2 aromatic heterocycles. The monoisotopic (exact) mass is 371 g/mol. The Morgan fingerprint density at radius 3 is 2.56 bits per heavy atom. The molecule has 2 aliphatic rings. The van der Waals surface area contributed by atoms with E-state index in [9.17, 15) is 14.6 Å². The van der Waals surface area contributed by atoms with Gasteiger partial charge in [-0.3, -0.25) is 4.98 Å². The molecule has 6 heteroatoms. The first-order chi connectivity index (χ1) is 13.0. The molecule has 0 radical (unpaired) electrons. The molecule has 4 rings (SSSR count). The average molecular weight is 371 g/mol. The van der Waals surface area contributed by atoms with Gasteiger partial charge in [-0.2, -0.15) is 4.39 Å². The van der Waals surface area contributed by atoms with E-state index < -0.39 is 11.5 Å². The SMILES string of the molecule is CCC(CN1C[C@@H]2C[C@@](O)(c3cccnc3F)C[C@@H]2C1)c1ccc(O)cn1. The molecule has 1 unspecified atom stereocenters. The van der Waals surface area contributed by atoms with Crippen LogP contribution in [0.3, 0.4) is 0 Å². The van der Waals surface area contributed by atoms with Gasteiger partial charge in [0.1, 0.15) is 5.75 Å². The number of halogens is 1. The zero-order valence-electron chi connectivity index (χ0n) is 15.6. The minimum Gasteiger partial charge on any atom is -0.506 e. The number of likely N-dealkylation sites (tertiary alicyclic amines) is 1. The molecule has 2 fully saturated rings. The highest BCUT2D eigenvalue weighted by atomic mass is 19.1. The Morgan fingerprint density at radius 2 is 1.96 bits per heavy atom. The molecule has 0 spiro atoms. The van der Waals surface area contributed by atoms with E-state index in [-0.39, 0.29) is 5.75 Å². The summed E-state index contributed by atoms with van der Waals surface area (Å²) in [5, 5.41) is 20.5. The molecular weight excluding hydrogens is 345 g/mol. The summed E-state index contributed by atoms with van der Waals surface area (Å²) in [6.07, 6.45) is 5.08. The molecule has 1 aliphatic heterocycles. The van der Waals surface area contributed by atoms with Crippen LogP contribution in [0.25, 0.3) is 0 Å². The van der Waals surface area contributed by atoms with Gasteiger partial charge in [0, 0.05) is 43.0 Å². The predicted molar refractivity (Wildman–Crippen MR) is 99.7 cm³/mol. The van der Waals surface area contributed by atoms with Gasteiger partial charge in [0.2, 0.25) is 5.95 Å². The number of hydrogen-bond donors (Lipinski definition) is 2. The Kier molecular flexibility index (Phi) is 4.86. The summed E-state index contributed by atoms with van der Waals surface area (Å²) in [5.41, 5.74) is 0.245. The van der Waals surface area contributed by atoms with Gasteiger partial charge in [0.25, 0.3) is 0 Å². The lowest BCUT2D eigenvalue weighted by molar-refractivity contribution is 0.0269. The van der Waals surface area contributed by atoms with Gasteiger partial charge in [0.05, 0.1) is 11.8 Å². The van der Waals surface area contributed by atoms with Crippen molar-refractivity contribution in [2.75, 3.05) is 19.6 Å². The van der Waals surface area contributed by atoms with Gasteiger partial charge >= 0.3 is 0 Å². The zero-order chi connectivity index (χ0) is 19.0. The summed E-state index contributed by atoms with van der Waals surface area (Å²) in [4.78, 5) is 10.5. The molecule has 1 saturated carbocycles. The quantitative estimate of drug-likeness (QED) is 0.791. The fourth-order valence-corrected chi connectivity index (χ4v) is 4.93. The molecule has 1 aliphatic carbocycles. The lowest BCUT2D eigenvalue weighted by atomic mass is 9.91. The normalized spacial score (nSPS) is 29.0. The number of aromatic nitrogens is 2. The smallest absolute Gasteiger partial charge is 0.218 e. The Morgan fingerprint density at radius 1 is 1.22 bits per heavy atom. The minimum absolute atomic E-state index is 0.186. The topological polar surface area (TPSA) is 69.5 Å². The average Bonchev–Trinajstić information content (AvgIpc) is 3.15. The number of aromatic hydroxyl groups is 1. The molecule has 27 heavy (non-hydrogen) atoms. The second-order valence-corrected chi connectivity index (χ2v) is 8.07. The highest BCUT2D eigenvalue weighted by Crippen LogP contribution is 2.49. The third-order valence-corrected chi connectivity index (χ3v) is 6.27. The summed E-state index contributed by atoms with van der Waals surface area (Å²) < 4.78 is 14.1. The molecule has 0 amide bonds. The second kappa shape index (κ2) is 7.17. The summed E-state index contributed by atoms with van der Waals surface area (Å²) in [7, 11) is 0. The van der Waals surface area contributed by atoms with Crippen LogP contribution in [-0.4, -0.2) is 44.7 Å². The predicted octanol–water partition coefficient (Wildman–Crippen LogP) is 3.04. The largest absolute Gasteiger partial charge is 0.506 e. The van der Waals surface area contributed by atoms with Gasteiger partial charge in [-0.1, -0.05) is 13.0 Å². The maximum Gasteiger partial charge on any atom is 0.218 e. The molecule has 0 aromatic carbocycles. The Balaban J connectivity index is 1.41. The summed E-state index contributed by atoms with van der Waals surface area (Å²) in [6.45, 7) is 4.91. The van der Waals surface area contributed by atoms with E-state index in [1.807, 2.05) is 6.07 Å². The zero-order valence-corrected chi connectivity index (χ0v) is 15.6. The Bertz CT molecular complexity index is 784. The van der Waals surface area contributed by atoms with Crippen LogP contribution in [0.5, 0.6) is 5.75 Å². The van der Waals surface area contributed by atoms with Crippen LogP contribution in [-0.2, 0) is 5.60 Å². The number of hydrogen-bond acceptors (Lipinski definition) is 5. The lowest BCUT2D eigenvalue weighted by Gasteiger charge is -2.27. The third-order valence-electron chi connectivity index (χ3n) is 6.27. The fourth-order valence-electron chi connectivity index (χ4n) is 4.93. The number of rotatable bonds is 5. The standard InChI is InChI=1S/C21H26FN3O2/c1-2-14(19-6-5-17(26)10-24-19)11-25-12-15-8-21(27,9-16(15)13-25)18-4-3-7-23-20(18)22/h3-7,10,14-16,26-27H,2,8-9,11-13H2,1H3/t14?,15-,16+,21-. The molecule has 2 N–H and O–H groups in total. The van der Waals surface area contributed by atoms with Gasteiger partial charge in [-0.25, -0.2) is 4.98 Å². The molecule has 5 nitrogen and oxygen atoms in total. The molecular formula is C21H26FN3O2. The number of nitrogens with zero attached hydrogens (tertiary/aromatic N) is 3. The van der Waals surface area contributed by atoms with Crippen molar-refractivity contribution in [3.63, 3.8) is 0 Å². The maximum atomic E-state index is 14.1. The minimum atomic E-state index is -1.09. The van der Waals surface area contributed by atoms with Gasteiger partial charge < -0.3 is 15.1 Å². The van der Waals surface area contributed by atoms with Gasteiger partial charge in [-0.05, 0) is 49.3 Å². The molecule has 144 valence electrons. The van der Waals surface area contributed by atoms with Crippen molar-refractivity contribution < 1.29 is 14.6 Å². The Hall–Kier alpha value is -2.05. The highest BCUT2D eigenvalue weighted by Gasteiger charge is 2.50. The van der Waals surface area contributed by atoms with Crippen LogP contribution >= 0.6 is 0 Å². The van der Waals surface area contributed by atoms with Crippen molar-refractivity contribution in [2.45, 2.75) is 37.7 Å². The van der Waals surface area contributed by atoms with E-state index in [1.165, 1.54) is 12.4 Å². The maximum absolute atomic E-state index is 14.1. The van der Waals surface area contributed by atoms with Crippen LogP contribution in [0.1, 0.15) is 43.4 Å². The van der Waals surface area contributed by atoms with E-state index in [1.54, 1.807) is 18.2 Å². The van der Waals surface area contributed by atoms with Crippen LogP contribution in [0.15, 0.2) is 36.7 Å². The van der Waals surface area contributed by atoms with E-state index in [2.05, 4.69) is 21.8 Å². The third kappa shape index (κ3) is 3.56. The van der Waals surface area contributed by atoms with Gasteiger partial charge in [-0.15, -0.1) is 0 Å². The van der Waals surface area contributed by atoms with Crippen LogP contribution < -0.4 is 0 Å². The van der Waals surface area contributed by atoms with Crippen molar-refractivity contribution in [2.24, 2.45) is 11.8 Å². The van der Waals surface area contributed by atoms with Crippen molar-refractivity contribution in [1.82, 2.24) is 14.9 Å². The van der Waals surface area contributed by atoms with Crippen LogP contribution in [0, 0.1) is 17.8 Å². The van der Waals surface area contributed by atoms with Crippen molar-refractivity contribution >= 4 is 0 Å². The van der Waals surface area contributed by atoms with E-state index >= 15 is 0 Å². The highest BCUT2D eigenvalue weighted by molar-refractivity contribution is 5.23. The number of pyridine rings is 2. The molecule has 0 bridgehead atoms. The fraction of sp³-hybridized carbons (Fsp3) is 0.524. The number of fused-ring (bicyclic) bond motifs is 1. The van der Waals surface area contributed by atoms with Crippen molar-refractivity contribution in [1.29, 1.82) is 0 Å². The summed E-state index contributed by atoms with van der Waals surface area (Å²) in [5.74, 6) is 0.700. The Labute approximate surface area is 158 Å². The molecule has 1 saturated heterocycles.